The zero-order valence-corrected chi connectivity index (χ0v) is 17.3. The molecule has 1 aliphatic heterocycles. The smallest absolute Gasteiger partial charge is 0.297 e. The zero-order chi connectivity index (χ0) is 21.9. The van der Waals surface area contributed by atoms with E-state index in [0.717, 1.165) is 11.3 Å². The number of anilines is 1. The zero-order valence-electron chi connectivity index (χ0n) is 16.5. The van der Waals surface area contributed by atoms with Crippen LogP contribution < -0.4 is 10.3 Å². The van der Waals surface area contributed by atoms with Gasteiger partial charge in [-0.3, -0.25) is 24.6 Å². The first kappa shape index (κ1) is 19.1. The molecule has 0 unspecified atom stereocenters. The molecule has 1 atom stereocenters. The van der Waals surface area contributed by atoms with Gasteiger partial charge in [0, 0.05) is 17.5 Å². The Bertz CT molecular complexity index is 1440. The third-order valence-corrected chi connectivity index (χ3v) is 6.22. The first-order chi connectivity index (χ1) is 14.8. The van der Waals surface area contributed by atoms with E-state index in [-0.39, 0.29) is 22.4 Å². The molecule has 3 heterocycles. The molecule has 0 N–H and O–H groups in total. The quantitative estimate of drug-likeness (QED) is 0.347. The Labute approximate surface area is 179 Å². The van der Waals surface area contributed by atoms with Crippen LogP contribution in [-0.2, 0) is 0 Å². The number of nitrogens with zero attached hydrogens (tertiary/aromatic N) is 3. The number of hydrogen-bond acceptors (Lipinski definition) is 7. The van der Waals surface area contributed by atoms with Crippen LogP contribution in [0.3, 0.4) is 0 Å². The van der Waals surface area contributed by atoms with E-state index in [0.29, 0.717) is 21.7 Å². The number of aryl methyl sites for hydroxylation is 2. The van der Waals surface area contributed by atoms with Crippen LogP contribution in [0.5, 0.6) is 0 Å². The van der Waals surface area contributed by atoms with Crippen LogP contribution in [0, 0.1) is 24.0 Å². The van der Waals surface area contributed by atoms with E-state index in [4.69, 9.17) is 4.42 Å². The number of rotatable bonds is 3. The van der Waals surface area contributed by atoms with E-state index in [1.54, 1.807) is 24.3 Å². The lowest BCUT2D eigenvalue weighted by molar-refractivity contribution is -0.384. The molecule has 0 aliphatic carbocycles. The fourth-order valence-corrected chi connectivity index (χ4v) is 4.66. The molecule has 154 valence electrons. The third kappa shape index (κ3) is 2.93. The molecule has 5 rings (SSSR count). The lowest BCUT2D eigenvalue weighted by atomic mass is 9.98. The Morgan fingerprint density at radius 1 is 1.13 bits per heavy atom. The van der Waals surface area contributed by atoms with Gasteiger partial charge < -0.3 is 4.42 Å². The number of benzene rings is 2. The van der Waals surface area contributed by atoms with Gasteiger partial charge in [-0.05, 0) is 43.7 Å². The summed E-state index contributed by atoms with van der Waals surface area (Å²) in [5, 5.41) is 13.7. The summed E-state index contributed by atoms with van der Waals surface area (Å²) in [4.78, 5) is 43.3. The molecule has 2 aromatic heterocycles. The molecule has 1 amide bonds. The summed E-state index contributed by atoms with van der Waals surface area (Å²) in [6, 6.07) is 10.2. The Balaban J connectivity index is 1.79. The van der Waals surface area contributed by atoms with Crippen LogP contribution in [-0.4, -0.2) is 15.8 Å². The summed E-state index contributed by atoms with van der Waals surface area (Å²) in [5.74, 6) is -0.496. The summed E-state index contributed by atoms with van der Waals surface area (Å²) in [6.07, 6.45) is 0. The number of nitro groups is 1. The van der Waals surface area contributed by atoms with Crippen molar-refractivity contribution in [3.63, 3.8) is 0 Å². The lowest BCUT2D eigenvalue weighted by Gasteiger charge is -2.22. The minimum Gasteiger partial charge on any atom is -0.450 e. The Hall–Kier alpha value is -3.85. The van der Waals surface area contributed by atoms with Crippen molar-refractivity contribution in [3.05, 3.63) is 96.3 Å². The van der Waals surface area contributed by atoms with E-state index in [1.807, 2.05) is 25.3 Å². The van der Waals surface area contributed by atoms with Gasteiger partial charge in [-0.25, -0.2) is 4.98 Å². The monoisotopic (exact) mass is 433 g/mol. The molecule has 0 spiro atoms. The third-order valence-electron chi connectivity index (χ3n) is 5.26. The second-order valence-corrected chi connectivity index (χ2v) is 8.21. The van der Waals surface area contributed by atoms with Gasteiger partial charge in [-0.1, -0.05) is 11.6 Å². The number of aromatic nitrogens is 1. The molecule has 0 bridgehead atoms. The standard InChI is InChI=1S/C22H15N3O5S/c1-11-3-8-16-15(9-11)19(26)17-18(13-4-6-14(7-5-13)25(28)29)24(21(27)20(17)30-16)22-23-12(2)10-31-22/h3-10,18H,1-2H3/t18-/m1/s1. The van der Waals surface area contributed by atoms with Crippen LogP contribution >= 0.6 is 11.3 Å². The lowest BCUT2D eigenvalue weighted by Crippen LogP contribution is -2.29. The summed E-state index contributed by atoms with van der Waals surface area (Å²) >= 11 is 1.28. The van der Waals surface area contributed by atoms with Crippen LogP contribution in [0.25, 0.3) is 11.0 Å². The van der Waals surface area contributed by atoms with Crippen molar-refractivity contribution in [3.8, 4) is 0 Å². The Morgan fingerprint density at radius 3 is 2.52 bits per heavy atom. The fraction of sp³-hybridized carbons (Fsp3) is 0.136. The van der Waals surface area contributed by atoms with Gasteiger partial charge in [0.05, 0.1) is 27.6 Å². The average molecular weight is 433 g/mol. The maximum absolute atomic E-state index is 13.5. The number of amides is 1. The molecule has 0 fully saturated rings. The predicted molar refractivity (Wildman–Crippen MR) is 116 cm³/mol. The van der Waals surface area contributed by atoms with Gasteiger partial charge in [0.15, 0.2) is 10.6 Å². The van der Waals surface area contributed by atoms with E-state index in [9.17, 15) is 19.7 Å². The molecule has 0 radical (unpaired) electrons. The average Bonchev–Trinajstić information content (AvgIpc) is 3.30. The highest BCUT2D eigenvalue weighted by Gasteiger charge is 2.44. The topological polar surface area (TPSA) is 107 Å². The molecule has 31 heavy (non-hydrogen) atoms. The Kier molecular flexibility index (Phi) is 4.23. The number of carbonyl (C=O) groups excluding carboxylic acids is 1. The van der Waals surface area contributed by atoms with Crippen molar-refractivity contribution in [2.24, 2.45) is 0 Å². The number of thiazole rings is 1. The fourth-order valence-electron chi connectivity index (χ4n) is 3.83. The van der Waals surface area contributed by atoms with Crippen LogP contribution in [0.4, 0.5) is 10.8 Å². The minimum absolute atomic E-state index is 0.0300. The largest absolute Gasteiger partial charge is 0.450 e. The summed E-state index contributed by atoms with van der Waals surface area (Å²) < 4.78 is 5.90. The summed E-state index contributed by atoms with van der Waals surface area (Å²) in [5.41, 5.74) is 2.37. The van der Waals surface area contributed by atoms with Crippen molar-refractivity contribution >= 4 is 39.0 Å². The summed E-state index contributed by atoms with van der Waals surface area (Å²) in [6.45, 7) is 3.69. The second-order valence-electron chi connectivity index (χ2n) is 7.37. The molecular weight excluding hydrogens is 418 g/mol. The first-order valence-corrected chi connectivity index (χ1v) is 10.3. The number of non-ortho nitro benzene ring substituents is 1. The number of carbonyl (C=O) groups is 1. The van der Waals surface area contributed by atoms with Gasteiger partial charge in [0.2, 0.25) is 5.76 Å². The van der Waals surface area contributed by atoms with E-state index in [2.05, 4.69) is 4.98 Å². The van der Waals surface area contributed by atoms with E-state index < -0.39 is 16.9 Å². The first-order valence-electron chi connectivity index (χ1n) is 9.42. The van der Waals surface area contributed by atoms with E-state index >= 15 is 0 Å². The molecule has 9 heteroatoms. The maximum atomic E-state index is 13.5. The van der Waals surface area contributed by atoms with Gasteiger partial charge in [-0.2, -0.15) is 0 Å². The van der Waals surface area contributed by atoms with Gasteiger partial charge in [-0.15, -0.1) is 11.3 Å². The molecule has 0 saturated carbocycles. The van der Waals surface area contributed by atoms with Gasteiger partial charge >= 0.3 is 0 Å². The number of nitro benzene ring substituents is 1. The summed E-state index contributed by atoms with van der Waals surface area (Å²) in [7, 11) is 0. The number of hydrogen-bond donors (Lipinski definition) is 0. The van der Waals surface area contributed by atoms with Gasteiger partial charge in [0.25, 0.3) is 11.6 Å². The molecular formula is C22H15N3O5S. The molecule has 8 nitrogen and oxygen atoms in total. The minimum atomic E-state index is -0.796. The SMILES string of the molecule is Cc1ccc2oc3c(c(=O)c2c1)[C@@H](c1ccc([N+](=O)[O-])cc1)N(c1nc(C)cs1)C3=O. The van der Waals surface area contributed by atoms with Crippen LogP contribution in [0.2, 0.25) is 0 Å². The molecule has 4 aromatic rings. The highest BCUT2D eigenvalue weighted by atomic mass is 32.1. The van der Waals surface area contributed by atoms with Crippen molar-refractivity contribution in [2.45, 2.75) is 19.9 Å². The van der Waals surface area contributed by atoms with Crippen molar-refractivity contribution in [1.29, 1.82) is 0 Å². The normalized spacial score (nSPS) is 15.5. The van der Waals surface area contributed by atoms with Crippen LogP contribution in [0.1, 0.15) is 39.0 Å². The van der Waals surface area contributed by atoms with E-state index in [1.165, 1.54) is 28.4 Å². The molecule has 1 aliphatic rings. The van der Waals surface area contributed by atoms with Crippen LogP contribution in [0.15, 0.2) is 57.1 Å². The highest BCUT2D eigenvalue weighted by Crippen LogP contribution is 2.42. The number of fused-ring (bicyclic) bond motifs is 2. The van der Waals surface area contributed by atoms with Crippen molar-refractivity contribution in [1.82, 2.24) is 4.98 Å². The van der Waals surface area contributed by atoms with Crippen molar-refractivity contribution in [2.75, 3.05) is 4.90 Å². The maximum Gasteiger partial charge on any atom is 0.297 e. The molecule has 0 saturated heterocycles. The second kappa shape index (κ2) is 6.85. The van der Waals surface area contributed by atoms with Crippen molar-refractivity contribution < 1.29 is 14.1 Å². The Morgan fingerprint density at radius 2 is 1.87 bits per heavy atom. The highest BCUT2D eigenvalue weighted by molar-refractivity contribution is 7.14. The van der Waals surface area contributed by atoms with Gasteiger partial charge in [0.1, 0.15) is 5.58 Å². The molecule has 2 aromatic carbocycles. The predicted octanol–water partition coefficient (Wildman–Crippen LogP) is 4.52.